The van der Waals surface area contributed by atoms with Crippen LogP contribution in [0.5, 0.6) is 0 Å². The summed E-state index contributed by atoms with van der Waals surface area (Å²) in [5.74, 6) is 0. The van der Waals surface area contributed by atoms with Gasteiger partial charge in [0.15, 0.2) is 0 Å². The summed E-state index contributed by atoms with van der Waals surface area (Å²) in [6, 6.07) is 16.4. The van der Waals surface area contributed by atoms with Crippen LogP contribution in [-0.4, -0.2) is 52.6 Å². The molecule has 2 saturated heterocycles. The Labute approximate surface area is 163 Å². The molecule has 2 N–H and O–H groups in total. The van der Waals surface area contributed by atoms with Crippen molar-refractivity contribution in [1.82, 2.24) is 0 Å². The number of nitrogens with two attached hydrogens (primary N) is 1. The van der Waals surface area contributed by atoms with Gasteiger partial charge in [-0.1, -0.05) is 15.9 Å². The topological polar surface area (TPSA) is 51.0 Å². The van der Waals surface area contributed by atoms with E-state index in [0.717, 1.165) is 62.8 Å². The number of nitrogens with zero attached hydrogens (tertiary/aromatic N) is 2. The highest BCUT2D eigenvalue weighted by Crippen LogP contribution is 2.19. The number of benzene rings is 2. The third-order valence-electron chi connectivity index (χ3n) is 4.47. The van der Waals surface area contributed by atoms with Crippen LogP contribution in [0.1, 0.15) is 0 Å². The number of hydrogen-bond donors (Lipinski definition) is 1. The van der Waals surface area contributed by atoms with Gasteiger partial charge >= 0.3 is 0 Å². The zero-order valence-electron chi connectivity index (χ0n) is 14.9. The Balaban J connectivity index is 0.000000151. The third-order valence-corrected chi connectivity index (χ3v) is 5.00. The summed E-state index contributed by atoms with van der Waals surface area (Å²) in [6.07, 6.45) is 0. The molecule has 0 amide bonds. The lowest BCUT2D eigenvalue weighted by Crippen LogP contribution is -2.36. The number of nitrogen functional groups attached to an aromatic ring is 1. The van der Waals surface area contributed by atoms with E-state index in [1.165, 1.54) is 11.4 Å². The molecule has 2 aromatic rings. The molecule has 2 aliphatic rings. The molecule has 0 saturated carbocycles. The standard InChI is InChI=1S/C10H12BrNO.C10H14N2O/c2*11-9-1-3-10(4-2-9)12-5-7-13-8-6-12/h1-4H,5-8H2;1-4H,5-8,11H2. The summed E-state index contributed by atoms with van der Waals surface area (Å²) >= 11 is 3.43. The lowest BCUT2D eigenvalue weighted by atomic mass is 10.2. The van der Waals surface area contributed by atoms with E-state index in [9.17, 15) is 0 Å². The molecule has 0 radical (unpaired) electrons. The van der Waals surface area contributed by atoms with Gasteiger partial charge in [-0.2, -0.15) is 0 Å². The van der Waals surface area contributed by atoms with E-state index in [4.69, 9.17) is 15.2 Å². The molecule has 0 bridgehead atoms. The first-order valence-corrected chi connectivity index (χ1v) is 9.78. The zero-order valence-corrected chi connectivity index (χ0v) is 16.5. The number of halogens is 1. The Bertz CT molecular complexity index is 592. The Morgan fingerprint density at radius 3 is 1.46 bits per heavy atom. The number of rotatable bonds is 2. The molecule has 4 rings (SSSR count). The molecule has 0 atom stereocenters. The van der Waals surface area contributed by atoms with Crippen LogP contribution in [-0.2, 0) is 9.47 Å². The summed E-state index contributed by atoms with van der Waals surface area (Å²) < 4.78 is 11.7. The van der Waals surface area contributed by atoms with Crippen molar-refractivity contribution in [2.24, 2.45) is 0 Å². The molecule has 140 valence electrons. The predicted octanol–water partition coefficient (Wildman–Crippen LogP) is 3.39. The normalized spacial score (nSPS) is 17.4. The smallest absolute Gasteiger partial charge is 0.0642 e. The average Bonchev–Trinajstić information content (AvgIpc) is 2.71. The molecule has 26 heavy (non-hydrogen) atoms. The van der Waals surface area contributed by atoms with E-state index >= 15 is 0 Å². The van der Waals surface area contributed by atoms with Crippen molar-refractivity contribution < 1.29 is 9.47 Å². The SMILES string of the molecule is Brc1ccc(N2CCOCC2)cc1.Nc1ccc(N2CCOCC2)cc1. The summed E-state index contributed by atoms with van der Waals surface area (Å²) in [4.78, 5) is 4.65. The monoisotopic (exact) mass is 419 g/mol. The van der Waals surface area contributed by atoms with Crippen LogP contribution in [0.4, 0.5) is 17.1 Å². The minimum absolute atomic E-state index is 0.817. The van der Waals surface area contributed by atoms with E-state index in [-0.39, 0.29) is 0 Å². The maximum atomic E-state index is 5.61. The van der Waals surface area contributed by atoms with Gasteiger partial charge in [-0.15, -0.1) is 0 Å². The average molecular weight is 420 g/mol. The first-order valence-electron chi connectivity index (χ1n) is 8.99. The molecular weight excluding hydrogens is 394 g/mol. The van der Waals surface area contributed by atoms with Crippen LogP contribution in [0.15, 0.2) is 53.0 Å². The highest BCUT2D eigenvalue weighted by molar-refractivity contribution is 9.10. The summed E-state index contributed by atoms with van der Waals surface area (Å²) in [6.45, 7) is 7.29. The van der Waals surface area contributed by atoms with Gasteiger partial charge in [-0.05, 0) is 48.5 Å². The van der Waals surface area contributed by atoms with Gasteiger partial charge in [0.2, 0.25) is 0 Å². The van der Waals surface area contributed by atoms with Crippen molar-refractivity contribution in [2.75, 3.05) is 68.1 Å². The molecule has 0 aromatic heterocycles. The van der Waals surface area contributed by atoms with Crippen LogP contribution in [0.2, 0.25) is 0 Å². The molecular formula is C20H26BrN3O2. The number of ether oxygens (including phenoxy) is 2. The molecule has 2 fully saturated rings. The summed E-state index contributed by atoms with van der Waals surface area (Å²) in [5.41, 5.74) is 8.95. The van der Waals surface area contributed by atoms with Gasteiger partial charge in [0.05, 0.1) is 26.4 Å². The second-order valence-electron chi connectivity index (χ2n) is 6.27. The van der Waals surface area contributed by atoms with Crippen LogP contribution >= 0.6 is 15.9 Å². The molecule has 2 aromatic carbocycles. The van der Waals surface area contributed by atoms with Gasteiger partial charge in [0.1, 0.15) is 0 Å². The van der Waals surface area contributed by atoms with E-state index in [0.29, 0.717) is 0 Å². The van der Waals surface area contributed by atoms with Crippen LogP contribution in [0.3, 0.4) is 0 Å². The lowest BCUT2D eigenvalue weighted by Gasteiger charge is -2.28. The van der Waals surface area contributed by atoms with Crippen molar-refractivity contribution >= 4 is 33.0 Å². The minimum Gasteiger partial charge on any atom is -0.399 e. The summed E-state index contributed by atoms with van der Waals surface area (Å²) in [7, 11) is 0. The fourth-order valence-corrected chi connectivity index (χ4v) is 3.24. The van der Waals surface area contributed by atoms with Gasteiger partial charge < -0.3 is 25.0 Å². The highest BCUT2D eigenvalue weighted by atomic mass is 79.9. The fourth-order valence-electron chi connectivity index (χ4n) is 2.98. The van der Waals surface area contributed by atoms with Crippen LogP contribution in [0.25, 0.3) is 0 Å². The van der Waals surface area contributed by atoms with Gasteiger partial charge in [-0.25, -0.2) is 0 Å². The van der Waals surface area contributed by atoms with Crippen molar-refractivity contribution in [2.45, 2.75) is 0 Å². The Hall–Kier alpha value is -1.76. The molecule has 0 spiro atoms. The predicted molar refractivity (Wildman–Crippen MR) is 111 cm³/mol. The third kappa shape index (κ3) is 5.62. The second kappa shape index (κ2) is 9.80. The summed E-state index contributed by atoms with van der Waals surface area (Å²) in [5, 5.41) is 0. The highest BCUT2D eigenvalue weighted by Gasteiger charge is 2.11. The van der Waals surface area contributed by atoms with Crippen LogP contribution < -0.4 is 15.5 Å². The first kappa shape index (κ1) is 19.0. The molecule has 6 heteroatoms. The maximum Gasteiger partial charge on any atom is 0.0642 e. The molecule has 2 aliphatic heterocycles. The molecule has 5 nitrogen and oxygen atoms in total. The van der Waals surface area contributed by atoms with Crippen LogP contribution in [0, 0.1) is 0 Å². The maximum absolute atomic E-state index is 5.61. The van der Waals surface area contributed by atoms with Crippen molar-refractivity contribution in [3.05, 3.63) is 53.0 Å². The van der Waals surface area contributed by atoms with Crippen molar-refractivity contribution in [3.63, 3.8) is 0 Å². The molecule has 0 unspecified atom stereocenters. The van der Waals surface area contributed by atoms with E-state index in [1.54, 1.807) is 0 Å². The lowest BCUT2D eigenvalue weighted by molar-refractivity contribution is 0.122. The Morgan fingerprint density at radius 2 is 1.04 bits per heavy atom. The van der Waals surface area contributed by atoms with Gasteiger partial charge in [0.25, 0.3) is 0 Å². The Morgan fingerprint density at radius 1 is 0.654 bits per heavy atom. The van der Waals surface area contributed by atoms with E-state index in [1.807, 2.05) is 12.1 Å². The molecule has 0 aliphatic carbocycles. The second-order valence-corrected chi connectivity index (χ2v) is 7.18. The van der Waals surface area contributed by atoms with Gasteiger partial charge in [0, 0.05) is 47.7 Å². The zero-order chi connectivity index (χ0) is 18.2. The van der Waals surface area contributed by atoms with Gasteiger partial charge in [-0.3, -0.25) is 0 Å². The number of morpholine rings is 2. The number of hydrogen-bond acceptors (Lipinski definition) is 5. The first-order chi connectivity index (χ1) is 12.7. The Kier molecular flexibility index (Phi) is 7.17. The fraction of sp³-hybridized carbons (Fsp3) is 0.400. The minimum atomic E-state index is 0.817. The van der Waals surface area contributed by atoms with E-state index < -0.39 is 0 Å². The van der Waals surface area contributed by atoms with Crippen molar-refractivity contribution in [1.29, 1.82) is 0 Å². The van der Waals surface area contributed by atoms with Crippen molar-refractivity contribution in [3.8, 4) is 0 Å². The molecule has 2 heterocycles. The van der Waals surface area contributed by atoms with E-state index in [2.05, 4.69) is 62.1 Å². The number of anilines is 3. The quantitative estimate of drug-likeness (QED) is 0.755. The largest absolute Gasteiger partial charge is 0.399 e.